The van der Waals surface area contributed by atoms with Crippen molar-refractivity contribution in [3.05, 3.63) is 36.9 Å². The second-order valence-corrected chi connectivity index (χ2v) is 5.26. The van der Waals surface area contributed by atoms with Crippen molar-refractivity contribution in [1.29, 1.82) is 0 Å². The standard InChI is InChI=1S/C15H23NO3S/c1-3-10-20-12-13(17)11-16-8-9-19-15-7-5-4-6-14(15)18-2/h3-7,13,16-17H,1,8-12H2,2H3/t13-/m0/s1. The van der Waals surface area contributed by atoms with Crippen molar-refractivity contribution in [2.45, 2.75) is 6.10 Å². The number of aliphatic hydroxyl groups is 1. The van der Waals surface area contributed by atoms with Gasteiger partial charge in [0.05, 0.1) is 13.2 Å². The molecule has 0 aliphatic heterocycles. The molecule has 20 heavy (non-hydrogen) atoms. The Bertz CT molecular complexity index is 387. The number of rotatable bonds is 11. The minimum atomic E-state index is -0.341. The second kappa shape index (κ2) is 10.6. The number of hydrogen-bond donors (Lipinski definition) is 2. The van der Waals surface area contributed by atoms with Crippen LogP contribution < -0.4 is 14.8 Å². The van der Waals surface area contributed by atoms with Gasteiger partial charge in [-0.3, -0.25) is 0 Å². The van der Waals surface area contributed by atoms with Gasteiger partial charge in [0.15, 0.2) is 11.5 Å². The van der Waals surface area contributed by atoms with Crippen molar-refractivity contribution in [2.24, 2.45) is 0 Å². The van der Waals surface area contributed by atoms with Gasteiger partial charge in [0.25, 0.3) is 0 Å². The highest BCUT2D eigenvalue weighted by molar-refractivity contribution is 7.99. The van der Waals surface area contributed by atoms with Crippen molar-refractivity contribution in [2.75, 3.05) is 38.3 Å². The van der Waals surface area contributed by atoms with Crippen LogP contribution in [0.4, 0.5) is 0 Å². The summed E-state index contributed by atoms with van der Waals surface area (Å²) in [6.45, 7) is 5.43. The lowest BCUT2D eigenvalue weighted by Crippen LogP contribution is -2.31. The van der Waals surface area contributed by atoms with Crippen molar-refractivity contribution in [3.8, 4) is 11.5 Å². The Balaban J connectivity index is 2.11. The zero-order chi connectivity index (χ0) is 14.6. The monoisotopic (exact) mass is 297 g/mol. The molecule has 112 valence electrons. The van der Waals surface area contributed by atoms with Gasteiger partial charge in [0.2, 0.25) is 0 Å². The van der Waals surface area contributed by atoms with Crippen LogP contribution in [0.3, 0.4) is 0 Å². The molecule has 1 rings (SSSR count). The Labute approximate surface area is 125 Å². The van der Waals surface area contributed by atoms with E-state index in [4.69, 9.17) is 9.47 Å². The number of aliphatic hydroxyl groups excluding tert-OH is 1. The maximum atomic E-state index is 9.70. The second-order valence-electron chi connectivity index (χ2n) is 4.18. The SMILES string of the molecule is C=CCSC[C@@H](O)CNCCOc1ccccc1OC. The molecule has 0 saturated heterocycles. The smallest absolute Gasteiger partial charge is 0.161 e. The average molecular weight is 297 g/mol. The van der Waals surface area contributed by atoms with Crippen LogP contribution in [0, 0.1) is 0 Å². The van der Waals surface area contributed by atoms with E-state index in [-0.39, 0.29) is 6.10 Å². The summed E-state index contributed by atoms with van der Waals surface area (Å²) >= 11 is 1.67. The molecule has 0 aromatic heterocycles. The van der Waals surface area contributed by atoms with Crippen LogP contribution >= 0.6 is 11.8 Å². The minimum absolute atomic E-state index is 0.341. The summed E-state index contributed by atoms with van der Waals surface area (Å²) in [6, 6.07) is 7.55. The topological polar surface area (TPSA) is 50.7 Å². The van der Waals surface area contributed by atoms with Gasteiger partial charge >= 0.3 is 0 Å². The number of para-hydroxylation sites is 2. The van der Waals surface area contributed by atoms with Gasteiger partial charge in [-0.2, -0.15) is 11.8 Å². The van der Waals surface area contributed by atoms with Crippen LogP contribution in [0.15, 0.2) is 36.9 Å². The zero-order valence-corrected chi connectivity index (χ0v) is 12.7. The number of hydrogen-bond acceptors (Lipinski definition) is 5. The highest BCUT2D eigenvalue weighted by Crippen LogP contribution is 2.25. The van der Waals surface area contributed by atoms with Gasteiger partial charge in [0.1, 0.15) is 6.61 Å². The van der Waals surface area contributed by atoms with E-state index in [2.05, 4.69) is 11.9 Å². The fourth-order valence-corrected chi connectivity index (χ4v) is 2.28. The fourth-order valence-electron chi connectivity index (χ4n) is 1.59. The molecule has 0 fully saturated rings. The predicted octanol–water partition coefficient (Wildman–Crippen LogP) is 1.94. The highest BCUT2D eigenvalue weighted by Gasteiger charge is 2.04. The summed E-state index contributed by atoms with van der Waals surface area (Å²) < 4.78 is 10.8. The first-order valence-corrected chi connectivity index (χ1v) is 7.76. The molecule has 2 N–H and O–H groups in total. The Morgan fingerprint density at radius 3 is 2.85 bits per heavy atom. The third-order valence-corrected chi connectivity index (χ3v) is 3.62. The van der Waals surface area contributed by atoms with Crippen molar-refractivity contribution in [1.82, 2.24) is 5.32 Å². The van der Waals surface area contributed by atoms with Gasteiger partial charge in [-0.1, -0.05) is 18.2 Å². The molecule has 0 radical (unpaired) electrons. The van der Waals surface area contributed by atoms with E-state index < -0.39 is 0 Å². The van der Waals surface area contributed by atoms with Gasteiger partial charge in [0, 0.05) is 24.6 Å². The first kappa shape index (κ1) is 16.9. The zero-order valence-electron chi connectivity index (χ0n) is 11.9. The Hall–Kier alpha value is -1.17. The summed E-state index contributed by atoms with van der Waals surface area (Å²) in [4.78, 5) is 0. The van der Waals surface area contributed by atoms with E-state index in [0.29, 0.717) is 25.4 Å². The Morgan fingerprint density at radius 2 is 2.15 bits per heavy atom. The summed E-state index contributed by atoms with van der Waals surface area (Å²) in [7, 11) is 1.62. The van der Waals surface area contributed by atoms with Crippen LogP contribution in [-0.2, 0) is 0 Å². The molecule has 0 bridgehead atoms. The third-order valence-electron chi connectivity index (χ3n) is 2.53. The summed E-state index contributed by atoms with van der Waals surface area (Å²) in [5, 5.41) is 12.9. The molecule has 1 aromatic rings. The highest BCUT2D eigenvalue weighted by atomic mass is 32.2. The molecule has 5 heteroatoms. The molecule has 1 atom stereocenters. The van der Waals surface area contributed by atoms with E-state index >= 15 is 0 Å². The first-order chi connectivity index (χ1) is 9.77. The van der Waals surface area contributed by atoms with E-state index in [1.807, 2.05) is 30.3 Å². The number of ether oxygens (including phenoxy) is 2. The normalized spacial score (nSPS) is 11.9. The minimum Gasteiger partial charge on any atom is -0.493 e. The van der Waals surface area contributed by atoms with Crippen LogP contribution in [-0.4, -0.2) is 49.5 Å². The molecule has 0 amide bonds. The van der Waals surface area contributed by atoms with Crippen LogP contribution in [0.25, 0.3) is 0 Å². The van der Waals surface area contributed by atoms with E-state index in [9.17, 15) is 5.11 Å². The molecule has 0 unspecified atom stereocenters. The van der Waals surface area contributed by atoms with Crippen LogP contribution in [0.2, 0.25) is 0 Å². The van der Waals surface area contributed by atoms with Crippen LogP contribution in [0.1, 0.15) is 0 Å². The molecule has 0 aliphatic rings. The van der Waals surface area contributed by atoms with E-state index in [1.165, 1.54) is 0 Å². The van der Waals surface area contributed by atoms with Crippen LogP contribution in [0.5, 0.6) is 11.5 Å². The summed E-state index contributed by atoms with van der Waals surface area (Å²) in [6.07, 6.45) is 1.50. The molecular weight excluding hydrogens is 274 g/mol. The molecule has 0 saturated carbocycles. The number of thioether (sulfide) groups is 1. The third kappa shape index (κ3) is 6.84. The van der Waals surface area contributed by atoms with Gasteiger partial charge in [-0.25, -0.2) is 0 Å². The maximum absolute atomic E-state index is 9.70. The van der Waals surface area contributed by atoms with Crippen molar-refractivity contribution >= 4 is 11.8 Å². The molecule has 0 heterocycles. The van der Waals surface area contributed by atoms with Gasteiger partial charge in [-0.05, 0) is 12.1 Å². The molecular formula is C15H23NO3S. The number of nitrogens with one attached hydrogen (secondary N) is 1. The quantitative estimate of drug-likeness (QED) is 0.483. The summed E-state index contributed by atoms with van der Waals surface area (Å²) in [5.74, 6) is 3.05. The average Bonchev–Trinajstić information content (AvgIpc) is 2.47. The number of benzene rings is 1. The molecule has 0 aliphatic carbocycles. The predicted molar refractivity (Wildman–Crippen MR) is 84.9 cm³/mol. The lowest BCUT2D eigenvalue weighted by atomic mass is 10.3. The van der Waals surface area contributed by atoms with Crippen molar-refractivity contribution < 1.29 is 14.6 Å². The van der Waals surface area contributed by atoms with Crippen molar-refractivity contribution in [3.63, 3.8) is 0 Å². The lowest BCUT2D eigenvalue weighted by Gasteiger charge is -2.13. The molecule has 0 spiro atoms. The first-order valence-electron chi connectivity index (χ1n) is 6.61. The lowest BCUT2D eigenvalue weighted by molar-refractivity contribution is 0.192. The van der Waals surface area contributed by atoms with E-state index in [1.54, 1.807) is 18.9 Å². The number of methoxy groups -OCH3 is 1. The largest absolute Gasteiger partial charge is 0.493 e. The molecule has 4 nitrogen and oxygen atoms in total. The van der Waals surface area contributed by atoms with Gasteiger partial charge < -0.3 is 19.9 Å². The van der Waals surface area contributed by atoms with E-state index in [0.717, 1.165) is 17.3 Å². The fraction of sp³-hybridized carbons (Fsp3) is 0.467. The Kier molecular flexibility index (Phi) is 8.95. The summed E-state index contributed by atoms with van der Waals surface area (Å²) in [5.41, 5.74) is 0. The molecule has 1 aromatic carbocycles. The Morgan fingerprint density at radius 1 is 1.40 bits per heavy atom. The van der Waals surface area contributed by atoms with Gasteiger partial charge in [-0.15, -0.1) is 6.58 Å². The maximum Gasteiger partial charge on any atom is 0.161 e.